The molecule has 0 aromatic carbocycles. The average Bonchev–Trinajstić information content (AvgIpc) is 2.06. The number of hydrogen-bond donors (Lipinski definition) is 0. The smallest absolute Gasteiger partial charge is 0.473 e. The quantitative estimate of drug-likeness (QED) is 0.438. The van der Waals surface area contributed by atoms with Crippen molar-refractivity contribution >= 4 is 0 Å². The van der Waals surface area contributed by atoms with Crippen molar-refractivity contribution in [2.45, 2.75) is 18.8 Å². The van der Waals surface area contributed by atoms with Gasteiger partial charge in [0.1, 0.15) is 0 Å². The first kappa shape index (κ1) is 16.6. The number of methoxy groups -OCH3 is 1. The van der Waals surface area contributed by atoms with E-state index in [1.165, 1.54) is 0 Å². The van der Waals surface area contributed by atoms with Gasteiger partial charge in [-0.3, -0.25) is 0 Å². The van der Waals surface area contributed by atoms with Crippen LogP contribution in [0.2, 0.25) is 0 Å². The molecule has 12 heteroatoms. The van der Waals surface area contributed by atoms with E-state index in [0.29, 0.717) is 0 Å². The predicted octanol–water partition coefficient (Wildman–Crippen LogP) is 3.68. The summed E-state index contributed by atoms with van der Waals surface area (Å²) in [5.74, 6) is 0. The Morgan fingerprint density at radius 1 is 0.833 bits per heavy atom. The normalized spacial score (nSPS) is 15.3. The van der Waals surface area contributed by atoms with Crippen molar-refractivity contribution in [3.05, 3.63) is 11.7 Å². The summed E-state index contributed by atoms with van der Waals surface area (Å²) in [6.07, 6.45) is -19.3. The van der Waals surface area contributed by atoms with Crippen molar-refractivity contribution in [3.63, 3.8) is 0 Å². The highest BCUT2D eigenvalue weighted by Crippen LogP contribution is 2.44. The maximum absolute atomic E-state index is 12.5. The van der Waals surface area contributed by atoms with E-state index in [4.69, 9.17) is 0 Å². The average molecular weight is 295 g/mol. The van der Waals surface area contributed by atoms with Crippen LogP contribution in [0.5, 0.6) is 0 Å². The Hall–Kier alpha value is -1.36. The second kappa shape index (κ2) is 4.72. The fourth-order valence-corrected chi connectivity index (χ4v) is 0.820. The molecule has 0 unspecified atom stereocenters. The van der Waals surface area contributed by atoms with E-state index in [9.17, 15) is 43.9 Å². The van der Waals surface area contributed by atoms with Gasteiger partial charge in [-0.05, 0) is 0 Å². The van der Waals surface area contributed by atoms with E-state index in [0.717, 1.165) is 0 Å². The molecule has 18 heavy (non-hydrogen) atoms. The molecule has 0 saturated heterocycles. The zero-order chi connectivity index (χ0) is 14.9. The van der Waals surface area contributed by atoms with Gasteiger partial charge in [0.25, 0.3) is 0 Å². The summed E-state index contributed by atoms with van der Waals surface area (Å²) in [5, 5.41) is 0. The minimum Gasteiger partial charge on any atom is -0.473 e. The van der Waals surface area contributed by atoms with Gasteiger partial charge in [-0.15, -0.1) is 26.3 Å². The topological polar surface area (TPSA) is 12.5 Å². The van der Waals surface area contributed by atoms with Crippen LogP contribution in [0.3, 0.4) is 0 Å². The van der Waals surface area contributed by atoms with Crippen molar-refractivity contribution in [2.75, 3.05) is 7.11 Å². The van der Waals surface area contributed by atoms with Crippen LogP contribution < -0.4 is 0 Å². The van der Waals surface area contributed by atoms with E-state index in [1.807, 2.05) is 0 Å². The number of allylic oxidation sites excluding steroid dienone is 1. The van der Waals surface area contributed by atoms with Gasteiger partial charge in [-0.25, -0.2) is 0 Å². The van der Waals surface area contributed by atoms with Crippen LogP contribution in [0, 0.1) is 0 Å². The zero-order valence-electron chi connectivity index (χ0n) is 8.14. The van der Waals surface area contributed by atoms with E-state index in [-0.39, 0.29) is 7.11 Å². The Morgan fingerprint density at radius 2 is 1.17 bits per heavy atom. The van der Waals surface area contributed by atoms with Crippen molar-refractivity contribution in [3.8, 4) is 0 Å². The Kier molecular flexibility index (Phi) is 4.37. The van der Waals surface area contributed by atoms with E-state index in [2.05, 4.69) is 4.74 Å². The summed E-state index contributed by atoms with van der Waals surface area (Å²) in [4.78, 5) is -3.02. The molecule has 0 atom stereocenters. The molecule has 0 spiro atoms. The minimum absolute atomic E-state index is 0.145. The SMILES string of the molecule is COC(F)=C(N(C(F)(F)F)C(F)(F)F)C(F)(F)F. The van der Waals surface area contributed by atoms with E-state index in [1.54, 1.807) is 0 Å². The fraction of sp³-hybridized carbons (Fsp3) is 0.667. The third-order valence-corrected chi connectivity index (χ3v) is 1.36. The highest BCUT2D eigenvalue weighted by molar-refractivity contribution is 5.11. The molecule has 0 aliphatic heterocycles. The van der Waals surface area contributed by atoms with Gasteiger partial charge in [-0.1, -0.05) is 0 Å². The first-order chi connectivity index (χ1) is 7.73. The Bertz CT molecular complexity index is 309. The lowest BCUT2D eigenvalue weighted by Gasteiger charge is -2.31. The maximum atomic E-state index is 12.5. The van der Waals surface area contributed by atoms with Crippen LogP contribution in [-0.2, 0) is 4.74 Å². The van der Waals surface area contributed by atoms with Crippen LogP contribution in [0.4, 0.5) is 43.9 Å². The lowest BCUT2D eigenvalue weighted by Crippen LogP contribution is -2.51. The largest absolute Gasteiger partial charge is 0.492 e. The molecule has 0 fully saturated rings. The number of hydrogen-bond acceptors (Lipinski definition) is 2. The van der Waals surface area contributed by atoms with Gasteiger partial charge in [0.05, 0.1) is 7.11 Å². The number of nitrogens with zero attached hydrogens (tertiary/aromatic N) is 1. The van der Waals surface area contributed by atoms with Crippen LogP contribution in [0.25, 0.3) is 0 Å². The van der Waals surface area contributed by atoms with Gasteiger partial charge in [-0.2, -0.15) is 22.5 Å². The van der Waals surface area contributed by atoms with Gasteiger partial charge < -0.3 is 4.74 Å². The monoisotopic (exact) mass is 295 g/mol. The highest BCUT2D eigenvalue weighted by atomic mass is 19.4. The molecule has 0 amide bonds. The fourth-order valence-electron chi connectivity index (χ4n) is 0.820. The van der Waals surface area contributed by atoms with Crippen molar-refractivity contribution in [1.82, 2.24) is 4.90 Å². The Labute approximate surface area is 92.4 Å². The number of alkyl halides is 9. The standard InChI is InChI=1S/C6H3F10NO/c1-18-3(7)2(4(8,9)10)17(5(11,12)13)6(14,15)16/h1H3. The molecule has 0 radical (unpaired) electrons. The predicted molar refractivity (Wildman–Crippen MR) is 35.1 cm³/mol. The Balaban J connectivity index is 6.01. The van der Waals surface area contributed by atoms with Gasteiger partial charge >= 0.3 is 24.8 Å². The Morgan fingerprint density at radius 3 is 1.33 bits per heavy atom. The molecule has 0 aliphatic carbocycles. The zero-order valence-corrected chi connectivity index (χ0v) is 8.14. The highest BCUT2D eigenvalue weighted by Gasteiger charge is 2.62. The molecule has 0 aliphatic rings. The first-order valence-corrected chi connectivity index (χ1v) is 3.67. The molecule has 0 N–H and O–H groups in total. The summed E-state index contributed by atoms with van der Waals surface area (Å²) in [6.45, 7) is 0. The molecule has 108 valence electrons. The molecule has 0 bridgehead atoms. The second-order valence-electron chi connectivity index (χ2n) is 2.60. The lowest BCUT2D eigenvalue weighted by atomic mass is 10.4. The molecule has 0 saturated carbocycles. The van der Waals surface area contributed by atoms with Crippen LogP contribution in [-0.4, -0.2) is 30.8 Å². The molecule has 0 rings (SSSR count). The van der Waals surface area contributed by atoms with Crippen LogP contribution >= 0.6 is 0 Å². The van der Waals surface area contributed by atoms with E-state index >= 15 is 0 Å². The second-order valence-corrected chi connectivity index (χ2v) is 2.60. The molecule has 0 aromatic rings. The van der Waals surface area contributed by atoms with Crippen molar-refractivity contribution in [2.24, 2.45) is 0 Å². The minimum atomic E-state index is -6.53. The molecule has 2 nitrogen and oxygen atoms in total. The van der Waals surface area contributed by atoms with Crippen molar-refractivity contribution in [1.29, 1.82) is 0 Å². The van der Waals surface area contributed by atoms with Crippen LogP contribution in [0.15, 0.2) is 11.7 Å². The molecular formula is C6H3F10NO. The van der Waals surface area contributed by atoms with Crippen LogP contribution in [0.1, 0.15) is 0 Å². The lowest BCUT2D eigenvalue weighted by molar-refractivity contribution is -0.372. The van der Waals surface area contributed by atoms with Gasteiger partial charge in [0, 0.05) is 0 Å². The summed E-state index contributed by atoms with van der Waals surface area (Å²) < 4.78 is 123. The number of rotatable bonds is 2. The third-order valence-electron chi connectivity index (χ3n) is 1.36. The molecular weight excluding hydrogens is 292 g/mol. The third kappa shape index (κ3) is 3.84. The maximum Gasteiger partial charge on any atom is 0.492 e. The summed E-state index contributed by atoms with van der Waals surface area (Å²) >= 11 is 0. The first-order valence-electron chi connectivity index (χ1n) is 3.67. The number of ether oxygens (including phenoxy) is 1. The van der Waals surface area contributed by atoms with E-state index < -0.39 is 35.4 Å². The summed E-state index contributed by atoms with van der Waals surface area (Å²) in [6, 6.07) is -3.06. The molecule has 0 heterocycles. The summed E-state index contributed by atoms with van der Waals surface area (Å²) in [5.41, 5.74) is -3.63. The summed E-state index contributed by atoms with van der Waals surface area (Å²) in [7, 11) is 0.145. The molecule has 0 aromatic heterocycles. The van der Waals surface area contributed by atoms with Gasteiger partial charge in [0.2, 0.25) is 5.70 Å². The number of halogens is 10. The van der Waals surface area contributed by atoms with Crippen molar-refractivity contribution < 1.29 is 48.6 Å². The van der Waals surface area contributed by atoms with Gasteiger partial charge in [0.15, 0.2) is 0 Å².